The van der Waals surface area contributed by atoms with Gasteiger partial charge >= 0.3 is 5.96 Å². The van der Waals surface area contributed by atoms with Crippen LogP contribution in [0.2, 0.25) is 0 Å². The summed E-state index contributed by atoms with van der Waals surface area (Å²) in [6.07, 6.45) is 8.23. The van der Waals surface area contributed by atoms with E-state index in [9.17, 15) is 9.59 Å². The van der Waals surface area contributed by atoms with Crippen molar-refractivity contribution < 1.29 is 15.1 Å². The van der Waals surface area contributed by atoms with E-state index in [-0.39, 0.29) is 34.6 Å². The molecule has 248 valence electrons. The largest absolute Gasteiger partial charge is 0.320 e. The van der Waals surface area contributed by atoms with Crippen molar-refractivity contribution in [1.29, 1.82) is 0 Å². The lowest BCUT2D eigenvalue weighted by molar-refractivity contribution is -0.207. The maximum Gasteiger partial charge on any atom is 0.310 e. The maximum atomic E-state index is 14.6. The number of aliphatic imine (C=N–C) groups is 1. The molecular formula is C35H56N7O2S+. The molecule has 2 heterocycles. The number of nitrogens with two attached hydrogens (primary N) is 2. The van der Waals surface area contributed by atoms with E-state index in [0.29, 0.717) is 18.1 Å². The van der Waals surface area contributed by atoms with Crippen LogP contribution in [0.15, 0.2) is 44.4 Å². The standard InChI is InChI=1S/C35H55N7O2S/c1-11-25(34(7,8)9)13-12-17-35(10)39-29(24-20-22(2)19-23(3)21-24)31(44)42(35)26(16-18-33(4,5)6)27-14-15-28(45-27)30(43)38-32(40-36)41-37/h14,19-21,25-26,28,36H,11-13,15-18,37H2,1-10H3,(H,38,41,43)/p+1. The zero-order valence-corrected chi connectivity index (χ0v) is 30.0. The molecule has 0 saturated heterocycles. The molecule has 45 heavy (non-hydrogen) atoms. The Morgan fingerprint density at radius 3 is 2.36 bits per heavy atom. The topological polar surface area (TPSA) is 138 Å². The summed E-state index contributed by atoms with van der Waals surface area (Å²) in [5, 5.41) is 9.06. The summed E-state index contributed by atoms with van der Waals surface area (Å²) >= 11 is 1.49. The molecule has 10 heteroatoms. The van der Waals surface area contributed by atoms with Crippen LogP contribution in [0.25, 0.3) is 0 Å². The van der Waals surface area contributed by atoms with Gasteiger partial charge in [0.2, 0.25) is 5.91 Å². The maximum absolute atomic E-state index is 14.6. The van der Waals surface area contributed by atoms with E-state index in [1.807, 2.05) is 4.90 Å². The van der Waals surface area contributed by atoms with E-state index in [4.69, 9.17) is 16.4 Å². The van der Waals surface area contributed by atoms with Crippen molar-refractivity contribution in [3.63, 3.8) is 0 Å². The minimum absolute atomic E-state index is 0.0434. The number of hydrogen-bond donors (Lipinski definition) is 3. The zero-order valence-electron chi connectivity index (χ0n) is 29.2. The number of rotatable bonds is 11. The van der Waals surface area contributed by atoms with Crippen LogP contribution in [0.3, 0.4) is 0 Å². The number of nitrogens with zero attached hydrogens (tertiary/aromatic N) is 4. The van der Waals surface area contributed by atoms with Crippen LogP contribution >= 0.6 is 11.8 Å². The smallest absolute Gasteiger partial charge is 0.310 e. The highest BCUT2D eigenvalue weighted by molar-refractivity contribution is 8.04. The van der Waals surface area contributed by atoms with Gasteiger partial charge in [-0.25, -0.2) is 0 Å². The van der Waals surface area contributed by atoms with E-state index in [1.54, 1.807) is 0 Å². The van der Waals surface area contributed by atoms with Crippen LogP contribution in [0, 0.1) is 30.6 Å². The first-order valence-electron chi connectivity index (χ1n) is 16.3. The Hall–Kier alpha value is -3.01. The Labute approximate surface area is 274 Å². The summed E-state index contributed by atoms with van der Waals surface area (Å²) in [4.78, 5) is 36.1. The van der Waals surface area contributed by atoms with Gasteiger partial charge in [0, 0.05) is 15.6 Å². The third-order valence-electron chi connectivity index (χ3n) is 9.10. The summed E-state index contributed by atoms with van der Waals surface area (Å²) in [5.74, 6) is 5.46. The monoisotopic (exact) mass is 638 g/mol. The van der Waals surface area contributed by atoms with Crippen molar-refractivity contribution >= 4 is 35.2 Å². The van der Waals surface area contributed by atoms with Gasteiger partial charge in [-0.1, -0.05) is 78.2 Å². The molecule has 0 saturated carbocycles. The summed E-state index contributed by atoms with van der Waals surface area (Å²) in [7, 11) is 0. The molecule has 2 aliphatic heterocycles. The Morgan fingerprint density at radius 1 is 1.18 bits per heavy atom. The van der Waals surface area contributed by atoms with Crippen LogP contribution in [-0.2, 0) is 9.59 Å². The Kier molecular flexibility index (Phi) is 11.8. The first-order chi connectivity index (χ1) is 20.9. The summed E-state index contributed by atoms with van der Waals surface area (Å²) < 4.78 is 0. The molecule has 0 bridgehead atoms. The highest BCUT2D eigenvalue weighted by atomic mass is 32.2. The SMILES string of the molecule is CCC(CCCC1(C)N=C(c2cc(C)cc(C)c2)C(=O)N1C(CCC(C)(C)C)C1=CCC(C(=O)N/C(N=[NH2+])=N/N)S1)C(C)(C)C. The molecular weight excluding hydrogens is 582 g/mol. The number of hydrazone groups is 1. The zero-order chi connectivity index (χ0) is 33.7. The number of hydrogen-bond acceptors (Lipinski definition) is 6. The Morgan fingerprint density at radius 2 is 1.82 bits per heavy atom. The first-order valence-corrected chi connectivity index (χ1v) is 17.2. The van der Waals surface area contributed by atoms with Gasteiger partial charge in [-0.15, -0.1) is 22.4 Å². The second-order valence-corrected chi connectivity index (χ2v) is 16.5. The molecule has 0 fully saturated rings. The van der Waals surface area contributed by atoms with E-state index in [2.05, 4.69) is 109 Å². The highest BCUT2D eigenvalue weighted by Crippen LogP contribution is 2.45. The molecule has 4 atom stereocenters. The number of amides is 2. The number of carbonyl (C=O) groups is 2. The molecule has 0 radical (unpaired) electrons. The quantitative estimate of drug-likeness (QED) is 0.0895. The molecule has 9 nitrogen and oxygen atoms in total. The van der Waals surface area contributed by atoms with Crippen LogP contribution in [-0.4, -0.2) is 45.3 Å². The minimum Gasteiger partial charge on any atom is -0.320 e. The van der Waals surface area contributed by atoms with Crippen molar-refractivity contribution in [1.82, 2.24) is 10.2 Å². The average Bonchev–Trinajstić information content (AvgIpc) is 3.52. The van der Waals surface area contributed by atoms with Crippen molar-refractivity contribution in [3.8, 4) is 0 Å². The molecule has 0 aliphatic carbocycles. The van der Waals surface area contributed by atoms with Crippen molar-refractivity contribution in [2.24, 2.45) is 37.8 Å². The Balaban J connectivity index is 2.02. The molecule has 2 aliphatic rings. The van der Waals surface area contributed by atoms with Crippen molar-refractivity contribution in [3.05, 3.63) is 45.9 Å². The second-order valence-electron chi connectivity index (χ2n) is 15.2. The number of nitrogens with one attached hydrogen (secondary N) is 1. The second kappa shape index (κ2) is 14.6. The van der Waals surface area contributed by atoms with Crippen LogP contribution in [0.1, 0.15) is 117 Å². The molecule has 1 aromatic carbocycles. The summed E-state index contributed by atoms with van der Waals surface area (Å²) in [6.45, 7) is 22.1. The minimum atomic E-state index is -0.720. The third-order valence-corrected chi connectivity index (χ3v) is 10.5. The fraction of sp³-hybridized carbons (Fsp3) is 0.657. The lowest BCUT2D eigenvalue weighted by Crippen LogP contribution is -2.51. The molecule has 2 amide bonds. The fourth-order valence-corrected chi connectivity index (χ4v) is 7.94. The molecule has 4 unspecified atom stereocenters. The number of aryl methyl sites for hydroxylation is 2. The molecule has 0 aromatic heterocycles. The fourth-order valence-electron chi connectivity index (χ4n) is 6.68. The van der Waals surface area contributed by atoms with Crippen LogP contribution in [0.4, 0.5) is 0 Å². The number of benzene rings is 1. The van der Waals surface area contributed by atoms with Crippen LogP contribution < -0.4 is 16.7 Å². The number of thioether (sulfide) groups is 1. The molecule has 5 N–H and O–H groups in total. The van der Waals surface area contributed by atoms with Crippen molar-refractivity contribution in [2.75, 3.05) is 0 Å². The van der Waals surface area contributed by atoms with Crippen LogP contribution in [0.5, 0.6) is 0 Å². The van der Waals surface area contributed by atoms with Gasteiger partial charge in [-0.3, -0.25) is 19.9 Å². The third kappa shape index (κ3) is 9.27. The van der Waals surface area contributed by atoms with Crippen molar-refractivity contribution in [2.45, 2.75) is 131 Å². The highest BCUT2D eigenvalue weighted by Gasteiger charge is 2.49. The lowest BCUT2D eigenvalue weighted by Gasteiger charge is -2.41. The first kappa shape index (κ1) is 36.5. The predicted molar refractivity (Wildman–Crippen MR) is 185 cm³/mol. The van der Waals surface area contributed by atoms with Gasteiger partial charge in [0.05, 0.1) is 11.3 Å². The average molecular weight is 639 g/mol. The van der Waals surface area contributed by atoms with Gasteiger partial charge in [0.25, 0.3) is 5.91 Å². The van der Waals surface area contributed by atoms with Gasteiger partial charge in [-0.05, 0) is 88.2 Å². The molecule has 0 spiro atoms. The van der Waals surface area contributed by atoms with Gasteiger partial charge < -0.3 is 10.7 Å². The van der Waals surface area contributed by atoms with Gasteiger partial charge in [0.15, 0.2) is 0 Å². The normalized spacial score (nSPS) is 22.3. The lowest BCUT2D eigenvalue weighted by atomic mass is 9.76. The van der Waals surface area contributed by atoms with E-state index in [1.165, 1.54) is 11.8 Å². The molecule has 3 rings (SSSR count). The van der Waals surface area contributed by atoms with E-state index >= 15 is 0 Å². The van der Waals surface area contributed by atoms with E-state index in [0.717, 1.165) is 60.1 Å². The van der Waals surface area contributed by atoms with Gasteiger partial charge in [-0.2, -0.15) is 0 Å². The van der Waals surface area contributed by atoms with E-state index < -0.39 is 10.9 Å². The summed E-state index contributed by atoms with van der Waals surface area (Å²) in [6, 6.07) is 6.03. The number of guanidine groups is 1. The number of carbonyl (C=O) groups excluding carboxylic acids is 2. The Bertz CT molecular complexity index is 1330. The number of allylic oxidation sites excluding steroid dienone is 1. The van der Waals surface area contributed by atoms with Gasteiger partial charge in [0.1, 0.15) is 11.4 Å². The molecule has 1 aromatic rings. The predicted octanol–water partition coefficient (Wildman–Crippen LogP) is 6.04. The summed E-state index contributed by atoms with van der Waals surface area (Å²) in [5.41, 5.74) is 8.47.